The summed E-state index contributed by atoms with van der Waals surface area (Å²) in [6.45, 7) is 5.44. The van der Waals surface area contributed by atoms with Gasteiger partial charge < -0.3 is 10.1 Å². The topological polar surface area (TPSA) is 41.6 Å². The summed E-state index contributed by atoms with van der Waals surface area (Å²) >= 11 is 1.62. The quantitative estimate of drug-likeness (QED) is 0.876. The van der Waals surface area contributed by atoms with Gasteiger partial charge in [0.05, 0.1) is 25.2 Å². The molecule has 128 valence electrons. The third kappa shape index (κ3) is 4.90. The molecule has 5 heteroatoms. The zero-order chi connectivity index (χ0) is 16.8. The minimum atomic E-state index is 0.0102. The smallest absolute Gasteiger partial charge is 0.225 e. The van der Waals surface area contributed by atoms with Crippen LogP contribution in [0.4, 0.5) is 0 Å². The van der Waals surface area contributed by atoms with Gasteiger partial charge in [-0.25, -0.2) is 0 Å². The Labute approximate surface area is 147 Å². The molecule has 1 amide bonds. The van der Waals surface area contributed by atoms with Gasteiger partial charge in [-0.2, -0.15) is 0 Å². The van der Waals surface area contributed by atoms with Gasteiger partial charge in [0, 0.05) is 24.5 Å². The van der Waals surface area contributed by atoms with E-state index in [-0.39, 0.29) is 18.1 Å². The van der Waals surface area contributed by atoms with Crippen molar-refractivity contribution in [2.75, 3.05) is 19.7 Å². The molecule has 0 radical (unpaired) electrons. The minimum absolute atomic E-state index is 0.0102. The Morgan fingerprint density at radius 2 is 2.17 bits per heavy atom. The molecular weight excluding hydrogens is 320 g/mol. The number of hydrogen-bond donors (Lipinski definition) is 1. The molecule has 2 unspecified atom stereocenters. The average Bonchev–Trinajstić information content (AvgIpc) is 3.09. The van der Waals surface area contributed by atoms with Crippen LogP contribution in [-0.2, 0) is 22.5 Å². The molecule has 0 saturated carbocycles. The van der Waals surface area contributed by atoms with Gasteiger partial charge in [-0.3, -0.25) is 9.69 Å². The largest absolute Gasteiger partial charge is 0.373 e. The van der Waals surface area contributed by atoms with Crippen LogP contribution in [0.25, 0.3) is 0 Å². The van der Waals surface area contributed by atoms with Crippen LogP contribution in [0.2, 0.25) is 0 Å². The molecule has 1 aromatic heterocycles. The standard InChI is InChI=1S/C19H24N2O2S/c1-15(20-19(22)12-17-8-5-11-24-17)18-14-21(9-10-23-18)13-16-6-3-2-4-7-16/h2-8,11,15,18H,9-10,12-14H2,1H3,(H,20,22). The van der Waals surface area contributed by atoms with Crippen molar-refractivity contribution in [3.8, 4) is 0 Å². The molecule has 4 nitrogen and oxygen atoms in total. The van der Waals surface area contributed by atoms with E-state index in [0.29, 0.717) is 13.0 Å². The molecule has 1 N–H and O–H groups in total. The highest BCUT2D eigenvalue weighted by molar-refractivity contribution is 7.10. The molecule has 1 aliphatic heterocycles. The van der Waals surface area contributed by atoms with E-state index >= 15 is 0 Å². The Balaban J connectivity index is 1.49. The fourth-order valence-electron chi connectivity index (χ4n) is 2.99. The van der Waals surface area contributed by atoms with Crippen molar-refractivity contribution >= 4 is 17.2 Å². The molecule has 0 bridgehead atoms. The van der Waals surface area contributed by atoms with Gasteiger partial charge in [-0.1, -0.05) is 36.4 Å². The van der Waals surface area contributed by atoms with E-state index < -0.39 is 0 Å². The molecule has 3 rings (SSSR count). The van der Waals surface area contributed by atoms with Crippen molar-refractivity contribution in [1.29, 1.82) is 0 Å². The highest BCUT2D eigenvalue weighted by Gasteiger charge is 2.26. The van der Waals surface area contributed by atoms with Gasteiger partial charge in [0.25, 0.3) is 0 Å². The normalized spacial score (nSPS) is 19.8. The molecule has 1 aliphatic rings. The lowest BCUT2D eigenvalue weighted by molar-refractivity contribution is -0.123. The number of hydrogen-bond acceptors (Lipinski definition) is 4. The number of carbonyl (C=O) groups is 1. The van der Waals surface area contributed by atoms with E-state index in [1.165, 1.54) is 5.56 Å². The van der Waals surface area contributed by atoms with Crippen LogP contribution in [0, 0.1) is 0 Å². The summed E-state index contributed by atoms with van der Waals surface area (Å²) in [5.41, 5.74) is 1.31. The summed E-state index contributed by atoms with van der Waals surface area (Å²) in [5.74, 6) is 0.0636. The maximum Gasteiger partial charge on any atom is 0.225 e. The first kappa shape index (κ1) is 17.1. The fourth-order valence-corrected chi connectivity index (χ4v) is 3.69. The van der Waals surface area contributed by atoms with Gasteiger partial charge in [-0.05, 0) is 23.9 Å². The number of amides is 1. The van der Waals surface area contributed by atoms with E-state index in [2.05, 4.69) is 34.5 Å². The lowest BCUT2D eigenvalue weighted by Gasteiger charge is -2.36. The number of morpholine rings is 1. The van der Waals surface area contributed by atoms with E-state index in [0.717, 1.165) is 24.5 Å². The van der Waals surface area contributed by atoms with Crippen LogP contribution in [0.3, 0.4) is 0 Å². The average molecular weight is 344 g/mol. The summed E-state index contributed by atoms with van der Waals surface area (Å²) in [4.78, 5) is 15.6. The number of benzene rings is 1. The number of thiophene rings is 1. The Hall–Kier alpha value is -1.69. The minimum Gasteiger partial charge on any atom is -0.373 e. The zero-order valence-corrected chi connectivity index (χ0v) is 14.8. The summed E-state index contributed by atoms with van der Waals surface area (Å²) in [7, 11) is 0. The first-order chi connectivity index (χ1) is 11.7. The second-order valence-corrected chi connectivity index (χ2v) is 7.27. The third-order valence-electron chi connectivity index (χ3n) is 4.29. The molecule has 0 aliphatic carbocycles. The molecule has 1 fully saturated rings. The number of nitrogens with zero attached hydrogens (tertiary/aromatic N) is 1. The van der Waals surface area contributed by atoms with Crippen molar-refractivity contribution in [3.05, 3.63) is 58.3 Å². The molecule has 2 aromatic rings. The van der Waals surface area contributed by atoms with Crippen LogP contribution in [0.5, 0.6) is 0 Å². The second-order valence-electron chi connectivity index (χ2n) is 6.24. The van der Waals surface area contributed by atoms with E-state index in [1.807, 2.05) is 30.5 Å². The number of carbonyl (C=O) groups excluding carboxylic acids is 1. The lowest BCUT2D eigenvalue weighted by Crippen LogP contribution is -2.52. The van der Waals surface area contributed by atoms with Crippen molar-refractivity contribution in [3.63, 3.8) is 0 Å². The molecule has 1 saturated heterocycles. The summed E-state index contributed by atoms with van der Waals surface area (Å²) < 4.78 is 5.89. The first-order valence-electron chi connectivity index (χ1n) is 8.40. The Kier molecular flexibility index (Phi) is 6.01. The van der Waals surface area contributed by atoms with Gasteiger partial charge in [-0.15, -0.1) is 11.3 Å². The second kappa shape index (κ2) is 8.42. The summed E-state index contributed by atoms with van der Waals surface area (Å²) in [5, 5.41) is 5.09. The van der Waals surface area contributed by atoms with E-state index in [4.69, 9.17) is 4.74 Å². The van der Waals surface area contributed by atoms with Crippen molar-refractivity contribution in [2.24, 2.45) is 0 Å². The molecule has 2 heterocycles. The summed E-state index contributed by atoms with van der Waals surface area (Å²) in [6.07, 6.45) is 0.484. The van der Waals surface area contributed by atoms with Gasteiger partial charge in [0.2, 0.25) is 5.91 Å². The molecular formula is C19H24N2O2S. The maximum atomic E-state index is 12.2. The SMILES string of the molecule is CC(NC(=O)Cc1cccs1)C1CN(Cc2ccccc2)CCO1. The van der Waals surface area contributed by atoms with Crippen LogP contribution in [0.1, 0.15) is 17.4 Å². The van der Waals surface area contributed by atoms with Crippen LogP contribution < -0.4 is 5.32 Å². The Bertz CT molecular complexity index is 630. The van der Waals surface area contributed by atoms with Crippen LogP contribution >= 0.6 is 11.3 Å². The number of nitrogens with one attached hydrogen (secondary N) is 1. The predicted molar refractivity (Wildman–Crippen MR) is 97.1 cm³/mol. The summed E-state index contributed by atoms with van der Waals surface area (Å²) in [6, 6.07) is 14.5. The Morgan fingerprint density at radius 1 is 1.33 bits per heavy atom. The van der Waals surface area contributed by atoms with Crippen LogP contribution in [0.15, 0.2) is 47.8 Å². The van der Waals surface area contributed by atoms with Crippen molar-refractivity contribution in [2.45, 2.75) is 32.0 Å². The lowest BCUT2D eigenvalue weighted by atomic mass is 10.1. The molecule has 2 atom stereocenters. The first-order valence-corrected chi connectivity index (χ1v) is 9.28. The fraction of sp³-hybridized carbons (Fsp3) is 0.421. The van der Waals surface area contributed by atoms with Gasteiger partial charge in [0.15, 0.2) is 0 Å². The highest BCUT2D eigenvalue weighted by Crippen LogP contribution is 2.14. The highest BCUT2D eigenvalue weighted by atomic mass is 32.1. The number of rotatable bonds is 6. The van der Waals surface area contributed by atoms with E-state index in [9.17, 15) is 4.79 Å². The van der Waals surface area contributed by atoms with Gasteiger partial charge in [0.1, 0.15) is 0 Å². The molecule has 24 heavy (non-hydrogen) atoms. The van der Waals surface area contributed by atoms with Crippen molar-refractivity contribution < 1.29 is 9.53 Å². The molecule has 1 aromatic carbocycles. The van der Waals surface area contributed by atoms with Crippen LogP contribution in [-0.4, -0.2) is 42.6 Å². The maximum absolute atomic E-state index is 12.2. The van der Waals surface area contributed by atoms with E-state index in [1.54, 1.807) is 11.3 Å². The number of ether oxygens (including phenoxy) is 1. The Morgan fingerprint density at radius 3 is 2.92 bits per heavy atom. The predicted octanol–water partition coefficient (Wildman–Crippen LogP) is 2.70. The third-order valence-corrected chi connectivity index (χ3v) is 5.16. The monoisotopic (exact) mass is 344 g/mol. The van der Waals surface area contributed by atoms with Crippen molar-refractivity contribution in [1.82, 2.24) is 10.2 Å². The zero-order valence-electron chi connectivity index (χ0n) is 14.0. The van der Waals surface area contributed by atoms with Gasteiger partial charge >= 0.3 is 0 Å². The molecule has 0 spiro atoms.